The summed E-state index contributed by atoms with van der Waals surface area (Å²) < 4.78 is 0. The van der Waals surface area contributed by atoms with Crippen LogP contribution in [0.4, 0.5) is 28.4 Å². The molecule has 0 atom stereocenters. The van der Waals surface area contributed by atoms with E-state index >= 15 is 0 Å². The summed E-state index contributed by atoms with van der Waals surface area (Å²) in [6.07, 6.45) is 6.75. The average molecular weight is 726 g/mol. The molecule has 0 amide bonds. The van der Waals surface area contributed by atoms with Crippen LogP contribution in [0.25, 0.3) is 34.2 Å². The second-order valence-electron chi connectivity index (χ2n) is 16.0. The van der Waals surface area contributed by atoms with Crippen LogP contribution < -0.4 is 9.80 Å². The van der Waals surface area contributed by atoms with E-state index in [0.29, 0.717) is 17.5 Å². The molecule has 0 spiro atoms. The molecule has 0 N–H and O–H groups in total. The minimum absolute atomic E-state index is 0.0277. The smallest absolute Gasteiger partial charge is 0.164 e. The predicted molar refractivity (Wildman–Crippen MR) is 230 cm³/mol. The molecule has 1 aromatic heterocycles. The summed E-state index contributed by atoms with van der Waals surface area (Å²) in [6.45, 7) is 9.36. The monoisotopic (exact) mass is 725 g/mol. The highest BCUT2D eigenvalue weighted by Gasteiger charge is 2.39. The lowest BCUT2D eigenvalue weighted by Crippen LogP contribution is -2.34. The normalized spacial score (nSPS) is 16.1. The van der Waals surface area contributed by atoms with Crippen molar-refractivity contribution < 1.29 is 0 Å². The Bertz CT molecular complexity index is 2640. The summed E-state index contributed by atoms with van der Waals surface area (Å²) in [5.41, 5.74) is 15.3. The van der Waals surface area contributed by atoms with Crippen LogP contribution in [-0.4, -0.2) is 15.0 Å². The molecule has 3 aliphatic rings. The van der Waals surface area contributed by atoms with E-state index in [1.165, 1.54) is 45.0 Å². The van der Waals surface area contributed by atoms with Crippen molar-refractivity contribution in [2.75, 3.05) is 9.80 Å². The van der Waals surface area contributed by atoms with Crippen LogP contribution in [0, 0.1) is 0 Å². The van der Waals surface area contributed by atoms with Gasteiger partial charge < -0.3 is 9.80 Å². The van der Waals surface area contributed by atoms with Gasteiger partial charge in [-0.25, -0.2) is 15.0 Å². The molecule has 5 nitrogen and oxygen atoms in total. The lowest BCUT2D eigenvalue weighted by Gasteiger charge is -2.44. The Morgan fingerprint density at radius 1 is 0.429 bits per heavy atom. The Kier molecular flexibility index (Phi) is 7.89. The average Bonchev–Trinajstić information content (AvgIpc) is 3.25. The number of allylic oxidation sites excluding steroid dienone is 3. The highest BCUT2D eigenvalue weighted by atomic mass is 15.2. The summed E-state index contributed by atoms with van der Waals surface area (Å²) >= 11 is 0. The molecular formula is C51H43N5. The van der Waals surface area contributed by atoms with E-state index in [1.54, 1.807) is 0 Å². The van der Waals surface area contributed by atoms with Crippen molar-refractivity contribution in [2.45, 2.75) is 51.4 Å². The van der Waals surface area contributed by atoms with Crippen LogP contribution in [0.2, 0.25) is 0 Å². The minimum atomic E-state index is -0.112. The van der Waals surface area contributed by atoms with E-state index in [2.05, 4.69) is 183 Å². The Hall–Kier alpha value is -6.59. The zero-order chi connectivity index (χ0) is 38.0. The van der Waals surface area contributed by atoms with Crippen molar-refractivity contribution in [3.05, 3.63) is 192 Å². The van der Waals surface area contributed by atoms with E-state index in [0.717, 1.165) is 40.9 Å². The lowest BCUT2D eigenvalue weighted by atomic mass is 9.70. The number of benzene rings is 6. The van der Waals surface area contributed by atoms with E-state index in [1.807, 2.05) is 18.2 Å². The Morgan fingerprint density at radius 3 is 1.36 bits per heavy atom. The van der Waals surface area contributed by atoms with Gasteiger partial charge in [0.15, 0.2) is 17.5 Å². The van der Waals surface area contributed by atoms with E-state index in [-0.39, 0.29) is 10.8 Å². The summed E-state index contributed by atoms with van der Waals surface area (Å²) in [5.74, 6) is 1.93. The third kappa shape index (κ3) is 5.41. The van der Waals surface area contributed by atoms with Crippen LogP contribution in [-0.2, 0) is 10.8 Å². The number of nitrogens with zero attached hydrogens (tertiary/aromatic N) is 5. The molecule has 56 heavy (non-hydrogen) atoms. The molecule has 272 valence electrons. The number of fused-ring (bicyclic) bond motifs is 3. The van der Waals surface area contributed by atoms with Gasteiger partial charge in [0.05, 0.1) is 17.1 Å². The van der Waals surface area contributed by atoms with Crippen molar-refractivity contribution in [2.24, 2.45) is 0 Å². The van der Waals surface area contributed by atoms with Gasteiger partial charge in [0.25, 0.3) is 0 Å². The van der Waals surface area contributed by atoms with Gasteiger partial charge in [-0.2, -0.15) is 0 Å². The van der Waals surface area contributed by atoms with Gasteiger partial charge in [-0.05, 0) is 108 Å². The quantitative estimate of drug-likeness (QED) is 0.177. The zero-order valence-electron chi connectivity index (χ0n) is 32.2. The van der Waals surface area contributed by atoms with Gasteiger partial charge in [0, 0.05) is 44.6 Å². The molecule has 5 heteroatoms. The fourth-order valence-corrected chi connectivity index (χ4v) is 9.08. The van der Waals surface area contributed by atoms with Gasteiger partial charge in [0.2, 0.25) is 0 Å². The van der Waals surface area contributed by atoms with Gasteiger partial charge in [-0.3, -0.25) is 0 Å². The van der Waals surface area contributed by atoms with E-state index in [9.17, 15) is 0 Å². The summed E-state index contributed by atoms with van der Waals surface area (Å²) in [4.78, 5) is 20.0. The van der Waals surface area contributed by atoms with Crippen LogP contribution in [0.5, 0.6) is 0 Å². The number of anilines is 5. The SMILES string of the molecule is CC1(C)C2=C(C=CCC2)N(c2ccc(-c3nc(-c4ccccc4)nc(-c4ccc(N5c6ccccc6C(C)(C)c6ccccc65)cc4)n3)cc2)c2ccccc21. The summed E-state index contributed by atoms with van der Waals surface area (Å²) in [6, 6.07) is 53.8. The molecule has 0 saturated heterocycles. The molecule has 0 fully saturated rings. The second kappa shape index (κ2) is 13.0. The molecule has 1 aliphatic carbocycles. The van der Waals surface area contributed by atoms with Gasteiger partial charge in [-0.15, -0.1) is 0 Å². The standard InChI is InChI=1S/C51H43N5/c1-50(2)39-18-8-12-22-43(39)55(44-23-13-9-19-40(44)50)37-30-26-35(27-31-37)48-52-47(34-16-6-5-7-17-34)53-49(54-48)36-28-32-38(33-29-36)56-45-24-14-10-20-41(45)51(3,4)42-21-11-15-25-46(42)56/h5-10,12-20,22-33H,11,21H2,1-4H3. The Balaban J connectivity index is 1.04. The second-order valence-corrected chi connectivity index (χ2v) is 16.0. The molecule has 7 aromatic rings. The van der Waals surface area contributed by atoms with Crippen LogP contribution in [0.1, 0.15) is 57.2 Å². The van der Waals surface area contributed by atoms with Crippen molar-refractivity contribution >= 4 is 28.4 Å². The van der Waals surface area contributed by atoms with E-state index in [4.69, 9.17) is 15.0 Å². The third-order valence-electron chi connectivity index (χ3n) is 12.0. The third-order valence-corrected chi connectivity index (χ3v) is 12.0. The fraction of sp³-hybridized carbons (Fsp3) is 0.157. The first-order chi connectivity index (χ1) is 27.3. The number of aromatic nitrogens is 3. The van der Waals surface area contributed by atoms with Crippen molar-refractivity contribution in [3.63, 3.8) is 0 Å². The number of hydrogen-bond acceptors (Lipinski definition) is 5. The molecule has 2 aliphatic heterocycles. The topological polar surface area (TPSA) is 45.2 Å². The maximum Gasteiger partial charge on any atom is 0.164 e. The molecule has 3 heterocycles. The molecule has 10 rings (SSSR count). The van der Waals surface area contributed by atoms with Gasteiger partial charge >= 0.3 is 0 Å². The maximum absolute atomic E-state index is 5.13. The highest BCUT2D eigenvalue weighted by Crippen LogP contribution is 2.53. The maximum atomic E-state index is 5.13. The van der Waals surface area contributed by atoms with Crippen LogP contribution >= 0.6 is 0 Å². The predicted octanol–water partition coefficient (Wildman–Crippen LogP) is 13.0. The zero-order valence-corrected chi connectivity index (χ0v) is 32.2. The fourth-order valence-electron chi connectivity index (χ4n) is 9.08. The highest BCUT2D eigenvalue weighted by molar-refractivity contribution is 5.86. The van der Waals surface area contributed by atoms with Gasteiger partial charge in [0.1, 0.15) is 0 Å². The first-order valence-corrected chi connectivity index (χ1v) is 19.6. The molecule has 0 saturated carbocycles. The number of para-hydroxylation sites is 3. The van der Waals surface area contributed by atoms with Crippen molar-refractivity contribution in [1.29, 1.82) is 0 Å². The van der Waals surface area contributed by atoms with Crippen molar-refractivity contribution in [3.8, 4) is 34.2 Å². The van der Waals surface area contributed by atoms with E-state index < -0.39 is 0 Å². The molecule has 0 unspecified atom stereocenters. The first-order valence-electron chi connectivity index (χ1n) is 19.6. The van der Waals surface area contributed by atoms with Crippen molar-refractivity contribution in [1.82, 2.24) is 15.0 Å². The Morgan fingerprint density at radius 2 is 0.839 bits per heavy atom. The number of hydrogen-bond donors (Lipinski definition) is 0. The van der Waals surface area contributed by atoms with Gasteiger partial charge in [-0.1, -0.05) is 119 Å². The molecule has 0 bridgehead atoms. The lowest BCUT2D eigenvalue weighted by molar-refractivity contribution is 0.571. The van der Waals surface area contributed by atoms with Crippen LogP contribution in [0.3, 0.4) is 0 Å². The molecule has 0 radical (unpaired) electrons. The Labute approximate surface area is 329 Å². The number of rotatable bonds is 5. The summed E-state index contributed by atoms with van der Waals surface area (Å²) in [5, 5.41) is 0. The minimum Gasteiger partial charge on any atom is -0.310 e. The van der Waals surface area contributed by atoms with Crippen LogP contribution in [0.15, 0.2) is 175 Å². The first kappa shape index (κ1) is 33.9. The molecule has 6 aromatic carbocycles. The largest absolute Gasteiger partial charge is 0.310 e. The summed E-state index contributed by atoms with van der Waals surface area (Å²) in [7, 11) is 0. The molecular weight excluding hydrogens is 683 g/mol.